The van der Waals surface area contributed by atoms with Crippen molar-refractivity contribution in [3.8, 4) is 5.75 Å². The standard InChI is InChI=1S/C15H24ClNO/c1-5-9-18-15-13(7-6-8-17(3)4)10-12(2)11-14(15)16/h10-11H,5-9H2,1-4H3. The molecular formula is C15H24ClNO. The van der Waals surface area contributed by atoms with Crippen LogP contribution in [0.25, 0.3) is 0 Å². The second-order valence-corrected chi connectivity index (χ2v) is 5.40. The molecule has 18 heavy (non-hydrogen) atoms. The van der Waals surface area contributed by atoms with E-state index in [2.05, 4.69) is 38.9 Å². The number of rotatable bonds is 7. The van der Waals surface area contributed by atoms with Gasteiger partial charge < -0.3 is 9.64 Å². The summed E-state index contributed by atoms with van der Waals surface area (Å²) in [6.07, 6.45) is 3.13. The molecule has 0 radical (unpaired) electrons. The molecule has 0 atom stereocenters. The van der Waals surface area contributed by atoms with Crippen molar-refractivity contribution in [2.75, 3.05) is 27.2 Å². The number of halogens is 1. The summed E-state index contributed by atoms with van der Waals surface area (Å²) in [5.74, 6) is 0.878. The van der Waals surface area contributed by atoms with Gasteiger partial charge in [0.05, 0.1) is 11.6 Å². The second kappa shape index (κ2) is 7.65. The molecule has 1 aromatic carbocycles. The zero-order chi connectivity index (χ0) is 13.5. The molecule has 0 unspecified atom stereocenters. The summed E-state index contributed by atoms with van der Waals surface area (Å²) in [7, 11) is 4.19. The van der Waals surface area contributed by atoms with Crippen molar-refractivity contribution < 1.29 is 4.74 Å². The van der Waals surface area contributed by atoms with Gasteiger partial charge in [0.15, 0.2) is 0 Å². The summed E-state index contributed by atoms with van der Waals surface area (Å²) in [4.78, 5) is 2.20. The van der Waals surface area contributed by atoms with E-state index in [4.69, 9.17) is 16.3 Å². The Kier molecular flexibility index (Phi) is 6.51. The lowest BCUT2D eigenvalue weighted by atomic mass is 10.1. The number of nitrogens with zero attached hydrogens (tertiary/aromatic N) is 1. The Morgan fingerprint density at radius 1 is 1.28 bits per heavy atom. The van der Waals surface area contributed by atoms with Crippen molar-refractivity contribution in [2.24, 2.45) is 0 Å². The topological polar surface area (TPSA) is 12.5 Å². The fraction of sp³-hybridized carbons (Fsp3) is 0.600. The zero-order valence-corrected chi connectivity index (χ0v) is 12.7. The highest BCUT2D eigenvalue weighted by Crippen LogP contribution is 2.31. The quantitative estimate of drug-likeness (QED) is 0.744. The maximum absolute atomic E-state index is 6.28. The molecule has 0 bridgehead atoms. The highest BCUT2D eigenvalue weighted by molar-refractivity contribution is 6.32. The normalized spacial score (nSPS) is 11.0. The lowest BCUT2D eigenvalue weighted by molar-refractivity contribution is 0.313. The van der Waals surface area contributed by atoms with Crippen molar-refractivity contribution in [3.63, 3.8) is 0 Å². The molecule has 0 aliphatic carbocycles. The molecule has 0 spiro atoms. The summed E-state index contributed by atoms with van der Waals surface area (Å²) in [5, 5.41) is 0.739. The van der Waals surface area contributed by atoms with Gasteiger partial charge in [0.25, 0.3) is 0 Å². The minimum absolute atomic E-state index is 0.726. The van der Waals surface area contributed by atoms with Gasteiger partial charge in [0, 0.05) is 0 Å². The fourth-order valence-corrected chi connectivity index (χ4v) is 2.29. The molecule has 2 nitrogen and oxygen atoms in total. The van der Waals surface area contributed by atoms with Crippen LogP contribution in [0.1, 0.15) is 30.9 Å². The zero-order valence-electron chi connectivity index (χ0n) is 11.9. The number of hydrogen-bond acceptors (Lipinski definition) is 2. The summed E-state index contributed by atoms with van der Waals surface area (Å²) in [6, 6.07) is 4.16. The smallest absolute Gasteiger partial charge is 0.141 e. The predicted molar refractivity (Wildman–Crippen MR) is 78.9 cm³/mol. The van der Waals surface area contributed by atoms with Crippen molar-refractivity contribution in [1.29, 1.82) is 0 Å². The summed E-state index contributed by atoms with van der Waals surface area (Å²) >= 11 is 6.28. The van der Waals surface area contributed by atoms with Gasteiger partial charge in [-0.1, -0.05) is 24.6 Å². The lowest BCUT2D eigenvalue weighted by Gasteiger charge is -2.15. The Labute approximate surface area is 116 Å². The Morgan fingerprint density at radius 3 is 2.61 bits per heavy atom. The van der Waals surface area contributed by atoms with Gasteiger partial charge in [-0.25, -0.2) is 0 Å². The summed E-state index contributed by atoms with van der Waals surface area (Å²) < 4.78 is 5.78. The highest BCUT2D eigenvalue weighted by Gasteiger charge is 2.10. The molecule has 0 N–H and O–H groups in total. The van der Waals surface area contributed by atoms with E-state index >= 15 is 0 Å². The van der Waals surface area contributed by atoms with E-state index in [1.807, 2.05) is 6.07 Å². The minimum Gasteiger partial charge on any atom is -0.492 e. The Hall–Kier alpha value is -0.730. The van der Waals surface area contributed by atoms with Gasteiger partial charge in [0.1, 0.15) is 5.75 Å². The third kappa shape index (κ3) is 4.87. The molecule has 0 saturated carbocycles. The van der Waals surface area contributed by atoms with E-state index in [0.717, 1.165) is 43.2 Å². The molecule has 1 rings (SSSR count). The van der Waals surface area contributed by atoms with Gasteiger partial charge >= 0.3 is 0 Å². The molecular weight excluding hydrogens is 246 g/mol. The minimum atomic E-state index is 0.726. The van der Waals surface area contributed by atoms with Crippen LogP contribution in [0.3, 0.4) is 0 Å². The third-order valence-corrected chi connectivity index (χ3v) is 3.05. The van der Waals surface area contributed by atoms with E-state index in [9.17, 15) is 0 Å². The molecule has 3 heteroatoms. The Morgan fingerprint density at radius 2 is 2.00 bits per heavy atom. The van der Waals surface area contributed by atoms with Crippen molar-refractivity contribution >= 4 is 11.6 Å². The highest BCUT2D eigenvalue weighted by atomic mass is 35.5. The van der Waals surface area contributed by atoms with Crippen LogP contribution in [0.15, 0.2) is 12.1 Å². The number of ether oxygens (including phenoxy) is 1. The molecule has 1 aromatic rings. The fourth-order valence-electron chi connectivity index (χ4n) is 1.94. The molecule has 0 saturated heterocycles. The Bertz CT molecular complexity index is 377. The van der Waals surface area contributed by atoms with Crippen molar-refractivity contribution in [1.82, 2.24) is 4.90 Å². The van der Waals surface area contributed by atoms with Crippen molar-refractivity contribution in [2.45, 2.75) is 33.1 Å². The summed E-state index contributed by atoms with van der Waals surface area (Å²) in [5.41, 5.74) is 2.43. The maximum atomic E-state index is 6.28. The summed E-state index contributed by atoms with van der Waals surface area (Å²) in [6.45, 7) is 5.99. The first-order valence-corrected chi connectivity index (χ1v) is 6.99. The molecule has 0 aromatic heterocycles. The van der Waals surface area contributed by atoms with Gasteiger partial charge in [-0.15, -0.1) is 0 Å². The van der Waals surface area contributed by atoms with Gasteiger partial charge in [-0.05, 0) is 64.0 Å². The van der Waals surface area contributed by atoms with Crippen molar-refractivity contribution in [3.05, 3.63) is 28.3 Å². The van der Waals surface area contributed by atoms with Gasteiger partial charge in [-0.3, -0.25) is 0 Å². The van der Waals surface area contributed by atoms with E-state index in [1.54, 1.807) is 0 Å². The molecule has 0 aliphatic heterocycles. The maximum Gasteiger partial charge on any atom is 0.141 e. The van der Waals surface area contributed by atoms with Crippen LogP contribution in [-0.4, -0.2) is 32.1 Å². The Balaban J connectivity index is 2.78. The first-order valence-electron chi connectivity index (χ1n) is 6.61. The van der Waals surface area contributed by atoms with E-state index in [-0.39, 0.29) is 0 Å². The molecule has 0 amide bonds. The second-order valence-electron chi connectivity index (χ2n) is 4.99. The third-order valence-electron chi connectivity index (χ3n) is 2.77. The van der Waals surface area contributed by atoms with E-state index in [1.165, 1.54) is 11.1 Å². The van der Waals surface area contributed by atoms with Crippen LogP contribution < -0.4 is 4.74 Å². The van der Waals surface area contributed by atoms with Crippen LogP contribution in [0.2, 0.25) is 5.02 Å². The molecule has 0 heterocycles. The largest absolute Gasteiger partial charge is 0.492 e. The number of benzene rings is 1. The van der Waals surface area contributed by atoms with Gasteiger partial charge in [0.2, 0.25) is 0 Å². The van der Waals surface area contributed by atoms with Crippen LogP contribution in [-0.2, 0) is 6.42 Å². The molecule has 0 fully saturated rings. The monoisotopic (exact) mass is 269 g/mol. The number of aryl methyl sites for hydroxylation is 2. The first-order chi connectivity index (χ1) is 8.54. The first kappa shape index (κ1) is 15.3. The predicted octanol–water partition coefficient (Wildman–Crippen LogP) is 3.93. The average Bonchev–Trinajstić information content (AvgIpc) is 2.27. The van der Waals surface area contributed by atoms with Crippen LogP contribution >= 0.6 is 11.6 Å². The van der Waals surface area contributed by atoms with Crippen LogP contribution in [0, 0.1) is 6.92 Å². The molecule has 0 aliphatic rings. The van der Waals surface area contributed by atoms with Gasteiger partial charge in [-0.2, -0.15) is 0 Å². The van der Waals surface area contributed by atoms with Crippen LogP contribution in [0.5, 0.6) is 5.75 Å². The number of hydrogen-bond donors (Lipinski definition) is 0. The van der Waals surface area contributed by atoms with Crippen LogP contribution in [0.4, 0.5) is 0 Å². The van der Waals surface area contributed by atoms with E-state index in [0.29, 0.717) is 0 Å². The molecule has 102 valence electrons. The SMILES string of the molecule is CCCOc1c(Cl)cc(C)cc1CCCN(C)C. The van der Waals surface area contributed by atoms with E-state index < -0.39 is 0 Å². The lowest BCUT2D eigenvalue weighted by Crippen LogP contribution is -2.13. The average molecular weight is 270 g/mol.